The Morgan fingerprint density at radius 2 is 2.06 bits per heavy atom. The molecule has 0 aliphatic rings. The van der Waals surface area contributed by atoms with Crippen molar-refractivity contribution < 1.29 is 9.18 Å². The Kier molecular flexibility index (Phi) is 5.59. The second kappa shape index (κ2) is 6.73. The number of halogens is 2. The maximum Gasteiger partial charge on any atom is 0.239 e. The van der Waals surface area contributed by atoms with Gasteiger partial charge in [0.25, 0.3) is 0 Å². The molecule has 18 heavy (non-hydrogen) atoms. The van der Waals surface area contributed by atoms with Crippen LogP contribution in [0.3, 0.4) is 0 Å². The number of anilines is 1. The molecule has 3 nitrogen and oxygen atoms in total. The van der Waals surface area contributed by atoms with Gasteiger partial charge < -0.3 is 10.6 Å². The minimum Gasteiger partial charge on any atom is -0.375 e. The van der Waals surface area contributed by atoms with Gasteiger partial charge in [-0.25, -0.2) is 4.39 Å². The summed E-state index contributed by atoms with van der Waals surface area (Å²) < 4.78 is 13.8. The molecule has 1 amide bonds. The Balaban J connectivity index is 2.50. The average Bonchev–Trinajstić information content (AvgIpc) is 2.30. The highest BCUT2D eigenvalue weighted by Gasteiger charge is 2.11. The van der Waals surface area contributed by atoms with E-state index >= 15 is 0 Å². The van der Waals surface area contributed by atoms with Gasteiger partial charge in [-0.05, 0) is 47.0 Å². The van der Waals surface area contributed by atoms with E-state index < -0.39 is 0 Å². The first-order valence-electron chi connectivity index (χ1n) is 5.88. The smallest absolute Gasteiger partial charge is 0.239 e. The largest absolute Gasteiger partial charge is 0.375 e. The molecule has 0 aliphatic carbocycles. The van der Waals surface area contributed by atoms with Crippen LogP contribution in [0.25, 0.3) is 0 Å². The van der Waals surface area contributed by atoms with Crippen LogP contribution in [-0.2, 0) is 4.79 Å². The fourth-order valence-corrected chi connectivity index (χ4v) is 1.67. The second-order valence-corrected chi connectivity index (χ2v) is 5.43. The summed E-state index contributed by atoms with van der Waals surface area (Å²) in [6, 6.07) is 4.43. The van der Waals surface area contributed by atoms with Crippen molar-refractivity contribution in [1.82, 2.24) is 5.32 Å². The molecule has 100 valence electrons. The maximum atomic E-state index is 13.0. The summed E-state index contributed by atoms with van der Waals surface area (Å²) in [5.74, 6) is -0.0566. The van der Waals surface area contributed by atoms with E-state index in [1.165, 1.54) is 12.1 Å². The van der Waals surface area contributed by atoms with Gasteiger partial charge in [-0.15, -0.1) is 0 Å². The summed E-state index contributed by atoms with van der Waals surface area (Å²) >= 11 is 3.29. The van der Waals surface area contributed by atoms with Gasteiger partial charge in [-0.1, -0.05) is 13.8 Å². The number of hydrogen-bond acceptors (Lipinski definition) is 2. The summed E-state index contributed by atoms with van der Waals surface area (Å²) in [6.07, 6.45) is 0. The zero-order valence-electron chi connectivity index (χ0n) is 10.8. The molecule has 0 spiro atoms. The van der Waals surface area contributed by atoms with Gasteiger partial charge >= 0.3 is 0 Å². The number of amides is 1. The zero-order chi connectivity index (χ0) is 13.7. The highest BCUT2D eigenvalue weighted by Crippen LogP contribution is 2.22. The third-order valence-corrected chi connectivity index (χ3v) is 3.45. The SMILES string of the molecule is CC(C)C(C)NC(=O)CNc1cc(F)ccc1Br. The number of carbonyl (C=O) groups excluding carboxylic acids is 1. The van der Waals surface area contributed by atoms with E-state index in [2.05, 4.69) is 26.6 Å². The molecule has 0 saturated carbocycles. The monoisotopic (exact) mass is 316 g/mol. The predicted octanol–water partition coefficient (Wildman–Crippen LogP) is 3.16. The van der Waals surface area contributed by atoms with Gasteiger partial charge in [0, 0.05) is 10.5 Å². The summed E-state index contributed by atoms with van der Waals surface area (Å²) in [6.45, 7) is 6.17. The Morgan fingerprint density at radius 3 is 2.67 bits per heavy atom. The van der Waals surface area contributed by atoms with Gasteiger partial charge in [0.1, 0.15) is 5.82 Å². The van der Waals surface area contributed by atoms with Crippen LogP contribution in [0, 0.1) is 11.7 Å². The van der Waals surface area contributed by atoms with E-state index in [9.17, 15) is 9.18 Å². The van der Waals surface area contributed by atoms with Crippen molar-refractivity contribution >= 4 is 27.5 Å². The Bertz CT molecular complexity index is 423. The van der Waals surface area contributed by atoms with Crippen molar-refractivity contribution in [3.05, 3.63) is 28.5 Å². The summed E-state index contributed by atoms with van der Waals surface area (Å²) in [7, 11) is 0. The Hall–Kier alpha value is -1.10. The lowest BCUT2D eigenvalue weighted by molar-refractivity contribution is -0.120. The molecule has 1 unspecified atom stereocenters. The van der Waals surface area contributed by atoms with Crippen LogP contribution in [-0.4, -0.2) is 18.5 Å². The molecule has 0 radical (unpaired) electrons. The van der Waals surface area contributed by atoms with E-state index in [0.717, 1.165) is 4.47 Å². The van der Waals surface area contributed by atoms with E-state index in [1.807, 2.05) is 20.8 Å². The third-order valence-electron chi connectivity index (χ3n) is 2.76. The van der Waals surface area contributed by atoms with Crippen molar-refractivity contribution in [1.29, 1.82) is 0 Å². The molecule has 1 rings (SSSR count). The van der Waals surface area contributed by atoms with Crippen LogP contribution in [0.5, 0.6) is 0 Å². The normalized spacial score (nSPS) is 12.3. The number of rotatable bonds is 5. The van der Waals surface area contributed by atoms with E-state index in [-0.39, 0.29) is 24.3 Å². The van der Waals surface area contributed by atoms with Crippen LogP contribution in [0.1, 0.15) is 20.8 Å². The highest BCUT2D eigenvalue weighted by molar-refractivity contribution is 9.10. The van der Waals surface area contributed by atoms with Crippen molar-refractivity contribution in [2.45, 2.75) is 26.8 Å². The van der Waals surface area contributed by atoms with Crippen molar-refractivity contribution in [2.24, 2.45) is 5.92 Å². The van der Waals surface area contributed by atoms with Gasteiger partial charge in [0.05, 0.1) is 12.2 Å². The van der Waals surface area contributed by atoms with Gasteiger partial charge in [0.2, 0.25) is 5.91 Å². The Morgan fingerprint density at radius 1 is 1.39 bits per heavy atom. The van der Waals surface area contributed by atoms with Gasteiger partial charge in [-0.2, -0.15) is 0 Å². The standard InChI is InChI=1S/C13H18BrFN2O/c1-8(2)9(3)17-13(18)7-16-12-6-10(15)4-5-11(12)14/h4-6,8-9,16H,7H2,1-3H3,(H,17,18). The molecule has 0 aromatic heterocycles. The van der Waals surface area contributed by atoms with Crippen LogP contribution < -0.4 is 10.6 Å². The van der Waals surface area contributed by atoms with Gasteiger partial charge in [-0.3, -0.25) is 4.79 Å². The molecular formula is C13H18BrFN2O. The molecule has 0 heterocycles. The topological polar surface area (TPSA) is 41.1 Å². The molecular weight excluding hydrogens is 299 g/mol. The van der Waals surface area contributed by atoms with E-state index in [4.69, 9.17) is 0 Å². The molecule has 0 bridgehead atoms. The molecule has 2 N–H and O–H groups in total. The summed E-state index contributed by atoms with van der Waals surface area (Å²) in [5, 5.41) is 5.77. The van der Waals surface area contributed by atoms with Crippen LogP contribution in [0.15, 0.2) is 22.7 Å². The lowest BCUT2D eigenvalue weighted by atomic mass is 10.1. The molecule has 0 saturated heterocycles. The van der Waals surface area contributed by atoms with E-state index in [0.29, 0.717) is 11.6 Å². The van der Waals surface area contributed by atoms with Crippen molar-refractivity contribution in [2.75, 3.05) is 11.9 Å². The lowest BCUT2D eigenvalue weighted by Gasteiger charge is -2.18. The summed E-state index contributed by atoms with van der Waals surface area (Å²) in [4.78, 5) is 11.6. The fourth-order valence-electron chi connectivity index (χ4n) is 1.28. The average molecular weight is 317 g/mol. The van der Waals surface area contributed by atoms with E-state index in [1.54, 1.807) is 6.07 Å². The van der Waals surface area contributed by atoms with Crippen molar-refractivity contribution in [3.8, 4) is 0 Å². The molecule has 5 heteroatoms. The zero-order valence-corrected chi connectivity index (χ0v) is 12.3. The molecule has 1 atom stereocenters. The minimum atomic E-state index is -0.336. The number of hydrogen-bond donors (Lipinski definition) is 2. The quantitative estimate of drug-likeness (QED) is 0.876. The van der Waals surface area contributed by atoms with Crippen LogP contribution in [0.2, 0.25) is 0 Å². The Labute approximate surface area is 115 Å². The number of benzene rings is 1. The van der Waals surface area contributed by atoms with Crippen molar-refractivity contribution in [3.63, 3.8) is 0 Å². The number of carbonyl (C=O) groups is 1. The third kappa shape index (κ3) is 4.64. The molecule has 1 aromatic rings. The number of nitrogens with one attached hydrogen (secondary N) is 2. The first-order chi connectivity index (χ1) is 8.40. The molecule has 0 fully saturated rings. The second-order valence-electron chi connectivity index (χ2n) is 4.58. The fraction of sp³-hybridized carbons (Fsp3) is 0.462. The highest BCUT2D eigenvalue weighted by atomic mass is 79.9. The van der Waals surface area contributed by atoms with Crippen LogP contribution >= 0.6 is 15.9 Å². The predicted molar refractivity (Wildman–Crippen MR) is 75.0 cm³/mol. The molecule has 0 aliphatic heterocycles. The first kappa shape index (κ1) is 15.0. The maximum absolute atomic E-state index is 13.0. The first-order valence-corrected chi connectivity index (χ1v) is 6.67. The minimum absolute atomic E-state index is 0.104. The van der Waals surface area contributed by atoms with Crippen LogP contribution in [0.4, 0.5) is 10.1 Å². The summed E-state index contributed by atoms with van der Waals surface area (Å²) in [5.41, 5.74) is 0.572. The lowest BCUT2D eigenvalue weighted by Crippen LogP contribution is -2.39. The molecule has 1 aromatic carbocycles. The van der Waals surface area contributed by atoms with Gasteiger partial charge in [0.15, 0.2) is 0 Å².